The number of nitrogens with zero attached hydrogens (tertiary/aromatic N) is 3. The molecule has 0 N–H and O–H groups in total. The maximum Gasteiger partial charge on any atom is 0.253 e. The second-order valence-corrected chi connectivity index (χ2v) is 6.49. The number of likely N-dealkylation sites (tertiary alicyclic amines) is 1. The summed E-state index contributed by atoms with van der Waals surface area (Å²) in [6.07, 6.45) is 4.74. The van der Waals surface area contributed by atoms with Crippen molar-refractivity contribution in [1.29, 1.82) is 0 Å². The summed E-state index contributed by atoms with van der Waals surface area (Å²) in [5.41, 5.74) is 4.06. The molecule has 1 aromatic heterocycles. The van der Waals surface area contributed by atoms with Crippen molar-refractivity contribution in [2.24, 2.45) is 0 Å². The van der Waals surface area contributed by atoms with Crippen LogP contribution in [0.2, 0.25) is 0 Å². The molecule has 2 heterocycles. The minimum atomic E-state index is 0.128. The Kier molecular flexibility index (Phi) is 4.44. The van der Waals surface area contributed by atoms with Crippen LogP contribution in [0.4, 0.5) is 0 Å². The molecule has 1 saturated heterocycles. The Labute approximate surface area is 137 Å². The minimum Gasteiger partial charge on any atom is -0.337 e. The fourth-order valence-electron chi connectivity index (χ4n) is 3.05. The summed E-state index contributed by atoms with van der Waals surface area (Å²) in [6.45, 7) is 3.68. The van der Waals surface area contributed by atoms with E-state index in [2.05, 4.69) is 30.0 Å². The summed E-state index contributed by atoms with van der Waals surface area (Å²) in [5.74, 6) is 0.128. The van der Waals surface area contributed by atoms with Gasteiger partial charge in [-0.3, -0.25) is 9.78 Å². The van der Waals surface area contributed by atoms with Gasteiger partial charge in [0.05, 0.1) is 0 Å². The van der Waals surface area contributed by atoms with Crippen LogP contribution in [0.1, 0.15) is 22.3 Å². The lowest BCUT2D eigenvalue weighted by molar-refractivity contribution is 0.0783. The monoisotopic (exact) mass is 309 g/mol. The van der Waals surface area contributed by atoms with Crippen molar-refractivity contribution >= 4 is 5.91 Å². The number of likely N-dealkylation sites (N-methyl/N-ethyl adjacent to an activating group) is 1. The number of aryl methyl sites for hydroxylation is 1. The molecule has 0 unspecified atom stereocenters. The molecule has 4 heteroatoms. The molecule has 2 aromatic rings. The molecule has 0 spiro atoms. The van der Waals surface area contributed by atoms with Gasteiger partial charge in [0.25, 0.3) is 5.91 Å². The van der Waals surface area contributed by atoms with Crippen LogP contribution in [0.3, 0.4) is 0 Å². The van der Waals surface area contributed by atoms with E-state index in [0.717, 1.165) is 41.8 Å². The van der Waals surface area contributed by atoms with Crippen LogP contribution < -0.4 is 0 Å². The first-order chi connectivity index (χ1) is 11.0. The fourth-order valence-corrected chi connectivity index (χ4v) is 3.05. The Hall–Kier alpha value is -2.20. The van der Waals surface area contributed by atoms with Crippen LogP contribution in [0.5, 0.6) is 0 Å². The van der Waals surface area contributed by atoms with Gasteiger partial charge < -0.3 is 9.80 Å². The Morgan fingerprint density at radius 3 is 2.52 bits per heavy atom. The normalized spacial score (nSPS) is 17.7. The third kappa shape index (κ3) is 3.42. The molecular weight excluding hydrogens is 286 g/mol. The van der Waals surface area contributed by atoms with Crippen molar-refractivity contribution in [1.82, 2.24) is 14.8 Å². The molecule has 0 aliphatic carbocycles. The molecule has 3 rings (SSSR count). The van der Waals surface area contributed by atoms with Gasteiger partial charge in [-0.25, -0.2) is 0 Å². The lowest BCUT2D eigenvalue weighted by Crippen LogP contribution is -2.34. The topological polar surface area (TPSA) is 36.4 Å². The van der Waals surface area contributed by atoms with Gasteiger partial charge in [-0.2, -0.15) is 0 Å². The van der Waals surface area contributed by atoms with Gasteiger partial charge in [-0.05, 0) is 56.8 Å². The van der Waals surface area contributed by atoms with Gasteiger partial charge >= 0.3 is 0 Å². The molecule has 120 valence electrons. The molecule has 1 atom stereocenters. The van der Waals surface area contributed by atoms with Crippen molar-refractivity contribution in [3.8, 4) is 11.1 Å². The number of benzene rings is 1. The molecule has 1 amide bonds. The summed E-state index contributed by atoms with van der Waals surface area (Å²) in [7, 11) is 4.15. The third-order valence-electron chi connectivity index (χ3n) is 4.52. The van der Waals surface area contributed by atoms with Gasteiger partial charge in [-0.1, -0.05) is 12.1 Å². The average Bonchev–Trinajstić information content (AvgIpc) is 3.04. The highest BCUT2D eigenvalue weighted by Gasteiger charge is 2.27. The van der Waals surface area contributed by atoms with Gasteiger partial charge in [0.15, 0.2) is 0 Å². The first-order valence-corrected chi connectivity index (χ1v) is 8.02. The number of rotatable bonds is 3. The van der Waals surface area contributed by atoms with E-state index in [4.69, 9.17) is 0 Å². The molecule has 0 bridgehead atoms. The summed E-state index contributed by atoms with van der Waals surface area (Å²) >= 11 is 0. The highest BCUT2D eigenvalue weighted by atomic mass is 16.2. The van der Waals surface area contributed by atoms with E-state index in [9.17, 15) is 4.79 Å². The van der Waals surface area contributed by atoms with Crippen molar-refractivity contribution in [3.05, 3.63) is 53.9 Å². The molecule has 0 radical (unpaired) electrons. The number of carbonyl (C=O) groups excluding carboxylic acids is 1. The number of aromatic nitrogens is 1. The second kappa shape index (κ2) is 6.50. The SMILES string of the molecule is Cc1cncc(-c2ccc(C(=O)N3CC[C@@H](N(C)C)C3)cc2)c1. The second-order valence-electron chi connectivity index (χ2n) is 6.49. The fraction of sp³-hybridized carbons (Fsp3) is 0.368. The highest BCUT2D eigenvalue weighted by molar-refractivity contribution is 5.95. The van der Waals surface area contributed by atoms with Crippen LogP contribution >= 0.6 is 0 Å². The standard InChI is InChI=1S/C19H23N3O/c1-14-10-17(12-20-11-14)15-4-6-16(7-5-15)19(23)22-9-8-18(13-22)21(2)3/h4-7,10-12,18H,8-9,13H2,1-3H3/t18-/m1/s1. The Bertz CT molecular complexity index is 694. The first kappa shape index (κ1) is 15.7. The van der Waals surface area contributed by atoms with Crippen molar-refractivity contribution in [2.75, 3.05) is 27.2 Å². The number of hydrogen-bond donors (Lipinski definition) is 0. The van der Waals surface area contributed by atoms with Gasteiger partial charge in [-0.15, -0.1) is 0 Å². The molecule has 1 aromatic carbocycles. The van der Waals surface area contributed by atoms with E-state index in [-0.39, 0.29) is 5.91 Å². The zero-order valence-corrected chi connectivity index (χ0v) is 14.0. The minimum absolute atomic E-state index is 0.128. The van der Waals surface area contributed by atoms with E-state index < -0.39 is 0 Å². The quantitative estimate of drug-likeness (QED) is 0.875. The van der Waals surface area contributed by atoms with Gasteiger partial charge in [0, 0.05) is 42.7 Å². The van der Waals surface area contributed by atoms with Crippen molar-refractivity contribution in [3.63, 3.8) is 0 Å². The van der Waals surface area contributed by atoms with Crippen LogP contribution in [0, 0.1) is 6.92 Å². The summed E-state index contributed by atoms with van der Waals surface area (Å²) in [5, 5.41) is 0. The number of amides is 1. The van der Waals surface area contributed by atoms with Gasteiger partial charge in [0.1, 0.15) is 0 Å². The van der Waals surface area contributed by atoms with E-state index in [1.54, 1.807) is 0 Å². The van der Waals surface area contributed by atoms with E-state index >= 15 is 0 Å². The maximum atomic E-state index is 12.6. The lowest BCUT2D eigenvalue weighted by Gasteiger charge is -2.20. The average molecular weight is 309 g/mol. The van der Waals surface area contributed by atoms with E-state index in [1.807, 2.05) is 48.5 Å². The Morgan fingerprint density at radius 1 is 1.17 bits per heavy atom. The number of hydrogen-bond acceptors (Lipinski definition) is 3. The zero-order chi connectivity index (χ0) is 16.4. The summed E-state index contributed by atoms with van der Waals surface area (Å²) in [4.78, 5) is 21.0. The number of pyridine rings is 1. The van der Waals surface area contributed by atoms with Crippen LogP contribution in [-0.2, 0) is 0 Å². The van der Waals surface area contributed by atoms with Crippen LogP contribution in [0.25, 0.3) is 11.1 Å². The largest absolute Gasteiger partial charge is 0.337 e. The molecular formula is C19H23N3O. The molecule has 1 aliphatic rings. The lowest BCUT2D eigenvalue weighted by atomic mass is 10.0. The Morgan fingerprint density at radius 2 is 1.91 bits per heavy atom. The summed E-state index contributed by atoms with van der Waals surface area (Å²) < 4.78 is 0. The third-order valence-corrected chi connectivity index (χ3v) is 4.52. The highest BCUT2D eigenvalue weighted by Crippen LogP contribution is 2.21. The predicted molar refractivity (Wildman–Crippen MR) is 92.4 cm³/mol. The molecule has 1 aliphatic heterocycles. The van der Waals surface area contributed by atoms with Crippen molar-refractivity contribution in [2.45, 2.75) is 19.4 Å². The molecule has 0 saturated carbocycles. The predicted octanol–water partition coefficient (Wildman–Crippen LogP) is 2.83. The summed E-state index contributed by atoms with van der Waals surface area (Å²) in [6, 6.07) is 10.4. The number of carbonyl (C=O) groups is 1. The van der Waals surface area contributed by atoms with Crippen LogP contribution in [-0.4, -0.2) is 53.9 Å². The van der Waals surface area contributed by atoms with Crippen molar-refractivity contribution < 1.29 is 4.79 Å². The molecule has 1 fully saturated rings. The maximum absolute atomic E-state index is 12.6. The molecule has 23 heavy (non-hydrogen) atoms. The van der Waals surface area contributed by atoms with E-state index in [0.29, 0.717) is 6.04 Å². The molecule has 4 nitrogen and oxygen atoms in total. The van der Waals surface area contributed by atoms with Crippen LogP contribution in [0.15, 0.2) is 42.7 Å². The van der Waals surface area contributed by atoms with E-state index in [1.165, 1.54) is 0 Å². The first-order valence-electron chi connectivity index (χ1n) is 8.02. The Balaban J connectivity index is 1.74. The van der Waals surface area contributed by atoms with Gasteiger partial charge in [0.2, 0.25) is 0 Å². The zero-order valence-electron chi connectivity index (χ0n) is 14.0. The smallest absolute Gasteiger partial charge is 0.253 e.